The predicted octanol–water partition coefficient (Wildman–Crippen LogP) is -1.49. The first-order valence-electron chi connectivity index (χ1n) is 9.89. The predicted molar refractivity (Wildman–Crippen MR) is 111 cm³/mol. The van der Waals surface area contributed by atoms with Gasteiger partial charge in [0.05, 0.1) is 5.56 Å². The van der Waals surface area contributed by atoms with Crippen molar-refractivity contribution < 1.29 is 54.1 Å². The number of carbonyl (C=O) groups excluding carboxylic acids is 2. The van der Waals surface area contributed by atoms with Crippen molar-refractivity contribution in [3.63, 3.8) is 0 Å². The van der Waals surface area contributed by atoms with E-state index < -0.39 is 53.9 Å². The molecule has 1 aliphatic rings. The minimum absolute atomic E-state index is 0.0817. The van der Waals surface area contributed by atoms with Crippen LogP contribution in [0.4, 0.5) is 4.79 Å². The van der Waals surface area contributed by atoms with Crippen LogP contribution in [0.3, 0.4) is 0 Å². The smallest absolute Gasteiger partial charge is 0.335 e. The van der Waals surface area contributed by atoms with Gasteiger partial charge >= 0.3 is 5.97 Å². The molecule has 0 aromatic heterocycles. The van der Waals surface area contributed by atoms with Crippen molar-refractivity contribution >= 4 is 25.6 Å². The molecular formula is C20H26BNO11. The van der Waals surface area contributed by atoms with Crippen LogP contribution in [0.1, 0.15) is 29.8 Å². The Kier molecular flexibility index (Phi) is 8.80. The Bertz CT molecular complexity index is 878. The van der Waals surface area contributed by atoms with E-state index in [0.717, 1.165) is 0 Å². The summed E-state index contributed by atoms with van der Waals surface area (Å²) < 4.78 is 15.3. The second kappa shape index (κ2) is 10.9. The highest BCUT2D eigenvalue weighted by Gasteiger charge is 2.48. The molecule has 33 heavy (non-hydrogen) atoms. The van der Waals surface area contributed by atoms with Crippen LogP contribution in [-0.2, 0) is 20.9 Å². The lowest BCUT2D eigenvalue weighted by atomic mass is 9.95. The average Bonchev–Trinajstić information content (AvgIpc) is 2.76. The third kappa shape index (κ3) is 6.89. The van der Waals surface area contributed by atoms with Gasteiger partial charge in [0.2, 0.25) is 20.0 Å². The first-order valence-corrected chi connectivity index (χ1v) is 9.89. The minimum atomic E-state index is -1.91. The molecule has 1 aliphatic heterocycles. The Morgan fingerprint density at radius 3 is 2.39 bits per heavy atom. The Hall–Kier alpha value is -2.71. The van der Waals surface area contributed by atoms with E-state index in [4.69, 9.17) is 22.1 Å². The summed E-state index contributed by atoms with van der Waals surface area (Å²) in [7, 11) is 4.95. The topological polar surface area (TPSA) is 192 Å². The van der Waals surface area contributed by atoms with Crippen molar-refractivity contribution in [2.24, 2.45) is 5.41 Å². The van der Waals surface area contributed by atoms with Gasteiger partial charge in [0.25, 0.3) is 5.91 Å². The summed E-state index contributed by atoms with van der Waals surface area (Å²) in [6, 6.07) is 4.02. The molecule has 0 saturated carbocycles. The number of carboxylic acid groups (broad SMARTS) is 1. The number of aliphatic hydroxyl groups is 4. The van der Waals surface area contributed by atoms with Crippen molar-refractivity contribution in [2.45, 2.75) is 51.2 Å². The van der Waals surface area contributed by atoms with Gasteiger partial charge < -0.3 is 45.1 Å². The van der Waals surface area contributed by atoms with Gasteiger partial charge in [-0.2, -0.15) is 0 Å². The van der Waals surface area contributed by atoms with Crippen LogP contribution in [-0.4, -0.2) is 95.0 Å². The van der Waals surface area contributed by atoms with Crippen LogP contribution in [0.2, 0.25) is 0 Å². The summed E-state index contributed by atoms with van der Waals surface area (Å²) in [6.45, 7) is 3.05. The first-order chi connectivity index (χ1) is 15.4. The number of rotatable bonds is 9. The maximum atomic E-state index is 12.8. The molecule has 12 nitrogen and oxygen atoms in total. The summed E-state index contributed by atoms with van der Waals surface area (Å²) in [5.41, 5.74) is -0.379. The number of hydrogen-bond donors (Lipinski definition) is 6. The largest absolute Gasteiger partial charge is 0.479 e. The monoisotopic (exact) mass is 467 g/mol. The van der Waals surface area contributed by atoms with Crippen LogP contribution in [0.5, 0.6) is 5.75 Å². The van der Waals surface area contributed by atoms with E-state index in [1.807, 2.05) is 0 Å². The number of carboxylic acids is 1. The molecule has 1 saturated heterocycles. The zero-order valence-corrected chi connectivity index (χ0v) is 18.0. The third-order valence-electron chi connectivity index (χ3n) is 4.88. The van der Waals surface area contributed by atoms with E-state index in [9.17, 15) is 39.9 Å². The number of aliphatic carboxylic acids is 1. The zero-order chi connectivity index (χ0) is 24.9. The van der Waals surface area contributed by atoms with Crippen molar-refractivity contribution in [1.82, 2.24) is 5.32 Å². The lowest BCUT2D eigenvalue weighted by Gasteiger charge is -2.38. The molecule has 0 unspecified atom stereocenters. The fraction of sp³-hybridized carbons (Fsp3) is 0.550. The van der Waals surface area contributed by atoms with E-state index in [1.165, 1.54) is 18.2 Å². The molecule has 1 amide bonds. The molecule has 0 spiro atoms. The molecule has 1 aromatic carbocycles. The van der Waals surface area contributed by atoms with Gasteiger partial charge in [0.15, 0.2) is 6.10 Å². The third-order valence-corrected chi connectivity index (χ3v) is 4.88. The second-order valence-corrected chi connectivity index (χ2v) is 8.30. The quantitative estimate of drug-likeness (QED) is 0.232. The summed E-state index contributed by atoms with van der Waals surface area (Å²) in [5.74, 6) is -3.44. The van der Waals surface area contributed by atoms with Gasteiger partial charge in [-0.15, -0.1) is 0 Å². The van der Waals surface area contributed by atoms with Crippen molar-refractivity contribution in [3.8, 4) is 5.75 Å². The molecule has 180 valence electrons. The number of benzene rings is 1. The number of hydrogen-bond acceptors (Lipinski definition) is 10. The SMILES string of the molecule is [B]C(=O)OCc1ccc(O[C@@H]2O[C@H](C(=O)O)[C@@H](O)[C@H](O)[C@H]2O)c(C(=O)NCC(C)(C)CO)c1. The molecule has 0 bridgehead atoms. The number of ether oxygens (including phenoxy) is 3. The lowest BCUT2D eigenvalue weighted by molar-refractivity contribution is -0.271. The molecular weight excluding hydrogens is 441 g/mol. The fourth-order valence-electron chi connectivity index (χ4n) is 2.85. The highest BCUT2D eigenvalue weighted by atomic mass is 16.7. The van der Waals surface area contributed by atoms with Crippen LogP contribution in [0.25, 0.3) is 0 Å². The molecule has 5 atom stereocenters. The van der Waals surface area contributed by atoms with Gasteiger partial charge in [-0.3, -0.25) is 9.59 Å². The molecule has 13 heteroatoms. The number of nitrogens with one attached hydrogen (secondary N) is 1. The molecule has 6 N–H and O–H groups in total. The Labute approximate surface area is 190 Å². The van der Waals surface area contributed by atoms with E-state index in [0.29, 0.717) is 5.56 Å². The Morgan fingerprint density at radius 1 is 1.15 bits per heavy atom. The van der Waals surface area contributed by atoms with E-state index in [-0.39, 0.29) is 31.1 Å². The maximum absolute atomic E-state index is 12.8. The number of amides is 1. The van der Waals surface area contributed by atoms with Crippen LogP contribution >= 0.6 is 0 Å². The molecule has 0 aliphatic carbocycles. The Morgan fingerprint density at radius 2 is 1.82 bits per heavy atom. The average molecular weight is 467 g/mol. The molecule has 2 radical (unpaired) electrons. The van der Waals surface area contributed by atoms with Crippen molar-refractivity contribution in [3.05, 3.63) is 29.3 Å². The van der Waals surface area contributed by atoms with Gasteiger partial charge in [0, 0.05) is 18.6 Å². The highest BCUT2D eigenvalue weighted by Crippen LogP contribution is 2.28. The molecule has 1 aromatic rings. The standard InChI is InChI=1S/C20H26BNO11/c1-20(2,8-23)7-22-16(27)10-5-9(6-31-19(21)30)3-4-11(10)32-18-14(26)12(24)13(25)15(33-18)17(28)29/h3-5,12-15,18,23-26H,6-8H2,1-2H3,(H,22,27)(H,28,29)/t12-,13-,14+,15-,18+/m0/s1. The van der Waals surface area contributed by atoms with Gasteiger partial charge in [0.1, 0.15) is 30.7 Å². The van der Waals surface area contributed by atoms with E-state index in [2.05, 4.69) is 5.32 Å². The van der Waals surface area contributed by atoms with Crippen LogP contribution < -0.4 is 10.1 Å². The summed E-state index contributed by atoms with van der Waals surface area (Å²) in [4.78, 5) is 35.0. The molecule has 1 fully saturated rings. The van der Waals surface area contributed by atoms with Gasteiger partial charge in [-0.1, -0.05) is 19.9 Å². The second-order valence-electron chi connectivity index (χ2n) is 8.30. The van der Waals surface area contributed by atoms with E-state index >= 15 is 0 Å². The lowest BCUT2D eigenvalue weighted by Crippen LogP contribution is -2.61. The highest BCUT2D eigenvalue weighted by molar-refractivity contribution is 6.55. The summed E-state index contributed by atoms with van der Waals surface area (Å²) in [6.07, 6.45) is -9.26. The van der Waals surface area contributed by atoms with Crippen LogP contribution in [0, 0.1) is 5.41 Å². The summed E-state index contributed by atoms with van der Waals surface area (Å²) in [5, 5.41) is 51.1. The fourth-order valence-corrected chi connectivity index (χ4v) is 2.85. The minimum Gasteiger partial charge on any atom is -0.479 e. The number of carbonyl (C=O) groups is 3. The Balaban J connectivity index is 2.32. The van der Waals surface area contributed by atoms with Crippen molar-refractivity contribution in [2.75, 3.05) is 13.2 Å². The van der Waals surface area contributed by atoms with E-state index in [1.54, 1.807) is 13.8 Å². The molecule has 1 heterocycles. The summed E-state index contributed by atoms with van der Waals surface area (Å²) >= 11 is 0. The molecule has 2 rings (SSSR count). The van der Waals surface area contributed by atoms with Gasteiger partial charge in [-0.25, -0.2) is 4.79 Å². The van der Waals surface area contributed by atoms with Crippen LogP contribution in [0.15, 0.2) is 18.2 Å². The normalized spacial score (nSPS) is 25.2. The first kappa shape index (κ1) is 26.5. The number of aliphatic hydroxyl groups excluding tert-OH is 4. The van der Waals surface area contributed by atoms with Gasteiger partial charge in [-0.05, 0) is 17.7 Å². The van der Waals surface area contributed by atoms with Crippen molar-refractivity contribution in [1.29, 1.82) is 0 Å². The maximum Gasteiger partial charge on any atom is 0.335 e. The zero-order valence-electron chi connectivity index (χ0n) is 18.0.